The Morgan fingerprint density at radius 2 is 1.80 bits per heavy atom. The number of aliphatic hydroxyl groups excluding tert-OH is 3. The van der Waals surface area contributed by atoms with Gasteiger partial charge in [-0.15, -0.1) is 0 Å². The van der Waals surface area contributed by atoms with Crippen LogP contribution in [0.25, 0.3) is 0 Å². The Bertz CT molecular complexity index is 106. The predicted molar refractivity (Wildman–Crippen MR) is 36.7 cm³/mol. The smallest absolute Gasteiger partial charge is 0.141 e. The molecule has 4 atom stereocenters. The fraction of sp³-hybridized carbons (Fsp3) is 1.00. The van der Waals surface area contributed by atoms with E-state index < -0.39 is 23.3 Å². The lowest BCUT2D eigenvalue weighted by molar-refractivity contribution is -0.159. The first kappa shape index (κ1) is 8.42. The second-order valence-electron chi connectivity index (χ2n) is 2.23. The van der Waals surface area contributed by atoms with Crippen LogP contribution in [0.3, 0.4) is 0 Å². The topological polar surface area (TPSA) is 69.9 Å². The largest absolute Gasteiger partial charge is 0.388 e. The van der Waals surface area contributed by atoms with Crippen LogP contribution in [-0.2, 0) is 4.74 Å². The van der Waals surface area contributed by atoms with Crippen molar-refractivity contribution in [3.8, 4) is 0 Å². The van der Waals surface area contributed by atoms with Crippen molar-refractivity contribution in [3.05, 3.63) is 0 Å². The first-order valence-corrected chi connectivity index (χ1v) is 3.84. The minimum absolute atomic E-state index is 0.0497. The van der Waals surface area contributed by atoms with E-state index in [-0.39, 0.29) is 6.61 Å². The van der Waals surface area contributed by atoms with E-state index in [0.717, 1.165) is 0 Å². The van der Waals surface area contributed by atoms with Gasteiger partial charge >= 0.3 is 0 Å². The molecule has 4 nitrogen and oxygen atoms in total. The standard InChI is InChI=1S/C5H9BrO4/c6-5-4(9)3(8)2(7)1-10-5/h2-5,7-9H,1H2/t2-,3+,4+,5?/m1/s1. The second kappa shape index (κ2) is 3.15. The van der Waals surface area contributed by atoms with Crippen LogP contribution in [0.1, 0.15) is 0 Å². The number of aliphatic hydroxyl groups is 3. The van der Waals surface area contributed by atoms with Gasteiger partial charge in [0, 0.05) is 0 Å². The van der Waals surface area contributed by atoms with Crippen LogP contribution in [0.15, 0.2) is 0 Å². The monoisotopic (exact) mass is 212 g/mol. The summed E-state index contributed by atoms with van der Waals surface area (Å²) in [6.07, 6.45) is -3.15. The number of alkyl halides is 1. The third kappa shape index (κ3) is 1.49. The number of rotatable bonds is 0. The number of hydrogen-bond acceptors (Lipinski definition) is 4. The van der Waals surface area contributed by atoms with Gasteiger partial charge in [0.1, 0.15) is 23.3 Å². The van der Waals surface area contributed by atoms with E-state index in [4.69, 9.17) is 20.1 Å². The van der Waals surface area contributed by atoms with Crippen molar-refractivity contribution in [2.75, 3.05) is 6.61 Å². The summed E-state index contributed by atoms with van der Waals surface area (Å²) in [7, 11) is 0. The van der Waals surface area contributed by atoms with Crippen molar-refractivity contribution in [1.82, 2.24) is 0 Å². The molecular formula is C5H9BrO4. The first-order chi connectivity index (χ1) is 4.63. The van der Waals surface area contributed by atoms with E-state index >= 15 is 0 Å². The molecule has 0 saturated carbocycles. The molecule has 5 heteroatoms. The van der Waals surface area contributed by atoms with Crippen molar-refractivity contribution in [3.63, 3.8) is 0 Å². The van der Waals surface area contributed by atoms with Gasteiger partial charge in [-0.3, -0.25) is 0 Å². The van der Waals surface area contributed by atoms with Gasteiger partial charge in [0.25, 0.3) is 0 Å². The van der Waals surface area contributed by atoms with E-state index in [1.807, 2.05) is 0 Å². The summed E-state index contributed by atoms with van der Waals surface area (Å²) >= 11 is 2.98. The molecule has 1 saturated heterocycles. The maximum atomic E-state index is 9.03. The molecule has 1 aliphatic rings. The SMILES string of the molecule is O[C@H]1[C@H](O)COC(Br)[C@H]1O. The van der Waals surface area contributed by atoms with Crippen LogP contribution in [0.4, 0.5) is 0 Å². The highest BCUT2D eigenvalue weighted by molar-refractivity contribution is 9.09. The van der Waals surface area contributed by atoms with Gasteiger partial charge < -0.3 is 20.1 Å². The van der Waals surface area contributed by atoms with Crippen LogP contribution >= 0.6 is 15.9 Å². The van der Waals surface area contributed by atoms with Crippen molar-refractivity contribution in [2.45, 2.75) is 23.3 Å². The van der Waals surface area contributed by atoms with Crippen molar-refractivity contribution < 1.29 is 20.1 Å². The molecule has 3 N–H and O–H groups in total. The molecule has 1 fully saturated rings. The Hall–Kier alpha value is 0.320. The summed E-state index contributed by atoms with van der Waals surface area (Å²) in [6.45, 7) is 0.0497. The quantitative estimate of drug-likeness (QED) is 0.443. The average molecular weight is 213 g/mol. The molecule has 0 radical (unpaired) electrons. The lowest BCUT2D eigenvalue weighted by Crippen LogP contribution is -2.50. The molecule has 60 valence electrons. The highest BCUT2D eigenvalue weighted by Crippen LogP contribution is 2.19. The zero-order valence-corrected chi connectivity index (χ0v) is 6.73. The Morgan fingerprint density at radius 1 is 1.20 bits per heavy atom. The van der Waals surface area contributed by atoms with E-state index in [1.54, 1.807) is 0 Å². The first-order valence-electron chi connectivity index (χ1n) is 2.93. The highest BCUT2D eigenvalue weighted by atomic mass is 79.9. The van der Waals surface area contributed by atoms with Gasteiger partial charge in [-0.1, -0.05) is 15.9 Å². The fourth-order valence-corrected chi connectivity index (χ4v) is 1.24. The highest BCUT2D eigenvalue weighted by Gasteiger charge is 2.35. The van der Waals surface area contributed by atoms with E-state index in [2.05, 4.69) is 15.9 Å². The van der Waals surface area contributed by atoms with Crippen LogP contribution in [0.5, 0.6) is 0 Å². The summed E-state index contributed by atoms with van der Waals surface area (Å²) in [5.41, 5.74) is 0. The van der Waals surface area contributed by atoms with Crippen LogP contribution in [-0.4, -0.2) is 45.3 Å². The third-order valence-corrected chi connectivity index (χ3v) is 2.24. The molecule has 0 aromatic rings. The summed E-state index contributed by atoms with van der Waals surface area (Å²) in [4.78, 5) is 0. The number of hydrogen-bond donors (Lipinski definition) is 3. The minimum Gasteiger partial charge on any atom is -0.388 e. The van der Waals surface area contributed by atoms with Gasteiger partial charge in [0.2, 0.25) is 0 Å². The van der Waals surface area contributed by atoms with Gasteiger partial charge in [0.05, 0.1) is 6.61 Å². The van der Waals surface area contributed by atoms with E-state index in [0.29, 0.717) is 0 Å². The van der Waals surface area contributed by atoms with Gasteiger partial charge in [-0.05, 0) is 0 Å². The predicted octanol–water partition coefficient (Wildman–Crippen LogP) is -1.18. The molecule has 1 aliphatic heterocycles. The molecule has 0 aliphatic carbocycles. The van der Waals surface area contributed by atoms with Crippen molar-refractivity contribution in [1.29, 1.82) is 0 Å². The lowest BCUT2D eigenvalue weighted by Gasteiger charge is -2.31. The van der Waals surface area contributed by atoms with Gasteiger partial charge in [-0.2, -0.15) is 0 Å². The molecular weight excluding hydrogens is 204 g/mol. The minimum atomic E-state index is -1.11. The summed E-state index contributed by atoms with van der Waals surface area (Å²) in [5.74, 6) is 0. The molecule has 1 unspecified atom stereocenters. The molecule has 1 heterocycles. The molecule has 1 rings (SSSR count). The Morgan fingerprint density at radius 3 is 2.30 bits per heavy atom. The fourth-order valence-electron chi connectivity index (χ4n) is 0.770. The number of ether oxygens (including phenoxy) is 1. The molecule has 0 bridgehead atoms. The van der Waals surface area contributed by atoms with Gasteiger partial charge in [0.15, 0.2) is 0 Å². The molecule has 10 heavy (non-hydrogen) atoms. The summed E-state index contributed by atoms with van der Waals surface area (Å²) in [6, 6.07) is 0. The molecule has 0 amide bonds. The molecule has 0 aromatic heterocycles. The van der Waals surface area contributed by atoms with E-state index in [1.165, 1.54) is 0 Å². The maximum Gasteiger partial charge on any atom is 0.141 e. The Labute approximate surface area is 66.6 Å². The Balaban J connectivity index is 2.52. The van der Waals surface area contributed by atoms with Crippen LogP contribution in [0, 0.1) is 0 Å². The van der Waals surface area contributed by atoms with Crippen molar-refractivity contribution in [2.24, 2.45) is 0 Å². The van der Waals surface area contributed by atoms with Crippen molar-refractivity contribution >= 4 is 15.9 Å². The maximum absolute atomic E-state index is 9.03. The third-order valence-electron chi connectivity index (χ3n) is 1.44. The van der Waals surface area contributed by atoms with Gasteiger partial charge in [-0.25, -0.2) is 0 Å². The zero-order valence-electron chi connectivity index (χ0n) is 5.14. The second-order valence-corrected chi connectivity index (χ2v) is 3.14. The zero-order chi connectivity index (χ0) is 7.72. The summed E-state index contributed by atoms with van der Waals surface area (Å²) in [5, 5.41) is 26.4. The summed E-state index contributed by atoms with van der Waals surface area (Å²) < 4.78 is 4.83. The lowest BCUT2D eigenvalue weighted by atomic mass is 10.1. The molecule has 0 aromatic carbocycles. The normalized spacial score (nSPS) is 49.2. The van der Waals surface area contributed by atoms with E-state index in [9.17, 15) is 0 Å². The Kier molecular flexibility index (Phi) is 2.65. The average Bonchev–Trinajstić information content (AvgIpc) is 1.93. The molecule has 0 spiro atoms. The van der Waals surface area contributed by atoms with Crippen LogP contribution in [0.2, 0.25) is 0 Å². The number of halogens is 1. The van der Waals surface area contributed by atoms with Crippen LogP contribution < -0.4 is 0 Å².